The van der Waals surface area contributed by atoms with Crippen LogP contribution in [0.25, 0.3) is 10.9 Å². The van der Waals surface area contributed by atoms with Gasteiger partial charge >= 0.3 is 0 Å². The van der Waals surface area contributed by atoms with Gasteiger partial charge in [0.25, 0.3) is 0 Å². The molecule has 0 aliphatic carbocycles. The Morgan fingerprint density at radius 2 is 2.13 bits per heavy atom. The van der Waals surface area contributed by atoms with Crippen LogP contribution in [-0.4, -0.2) is 9.78 Å². The van der Waals surface area contributed by atoms with Crippen molar-refractivity contribution in [2.24, 2.45) is 12.8 Å². The van der Waals surface area contributed by atoms with Crippen LogP contribution >= 0.6 is 0 Å². The molecule has 0 radical (unpaired) electrons. The Hall–Kier alpha value is -1.35. The number of nitrogens with two attached hydrogens (primary N) is 1. The molecule has 0 fully saturated rings. The first-order chi connectivity index (χ1) is 7.13. The van der Waals surface area contributed by atoms with E-state index in [0.717, 1.165) is 11.3 Å². The highest BCUT2D eigenvalue weighted by molar-refractivity contribution is 5.83. The number of hydrogen-bond acceptors (Lipinski definition) is 2. The summed E-state index contributed by atoms with van der Waals surface area (Å²) in [5, 5.41) is 5.78. The van der Waals surface area contributed by atoms with Crippen LogP contribution in [0.5, 0.6) is 0 Å². The third-order valence-electron chi connectivity index (χ3n) is 2.73. The zero-order chi connectivity index (χ0) is 11.0. The molecule has 80 valence electrons. The van der Waals surface area contributed by atoms with Gasteiger partial charge in [-0.05, 0) is 17.5 Å². The Labute approximate surface area is 89.9 Å². The van der Waals surface area contributed by atoms with Crippen LogP contribution in [0.4, 0.5) is 0 Å². The molecular formula is C12H17N3. The van der Waals surface area contributed by atoms with Gasteiger partial charge in [-0.25, -0.2) is 0 Å². The smallest absolute Gasteiger partial charge is 0.0728 e. The van der Waals surface area contributed by atoms with Crippen molar-refractivity contribution in [3.8, 4) is 0 Å². The second-order valence-electron chi connectivity index (χ2n) is 4.22. The van der Waals surface area contributed by atoms with E-state index in [9.17, 15) is 0 Å². The van der Waals surface area contributed by atoms with Gasteiger partial charge in [0.2, 0.25) is 0 Å². The van der Waals surface area contributed by atoms with Crippen molar-refractivity contribution in [3.05, 3.63) is 29.5 Å². The maximum absolute atomic E-state index is 5.63. The molecule has 3 heteroatoms. The van der Waals surface area contributed by atoms with Crippen molar-refractivity contribution in [1.82, 2.24) is 9.78 Å². The Balaban J connectivity index is 2.69. The van der Waals surface area contributed by atoms with Crippen LogP contribution in [-0.2, 0) is 13.6 Å². The van der Waals surface area contributed by atoms with Crippen LogP contribution in [0.1, 0.15) is 31.0 Å². The lowest BCUT2D eigenvalue weighted by molar-refractivity contribution is 0.729. The molecule has 0 aliphatic rings. The minimum Gasteiger partial charge on any atom is -0.326 e. The number of nitrogens with zero attached hydrogens (tertiary/aromatic N) is 2. The average molecular weight is 203 g/mol. The lowest BCUT2D eigenvalue weighted by Crippen LogP contribution is -1.96. The zero-order valence-electron chi connectivity index (χ0n) is 9.49. The monoisotopic (exact) mass is 203 g/mol. The van der Waals surface area contributed by atoms with E-state index in [2.05, 4.69) is 37.1 Å². The van der Waals surface area contributed by atoms with Gasteiger partial charge in [-0.2, -0.15) is 5.10 Å². The van der Waals surface area contributed by atoms with Crippen LogP contribution < -0.4 is 5.73 Å². The van der Waals surface area contributed by atoms with Crippen LogP contribution in [0.2, 0.25) is 0 Å². The first-order valence-corrected chi connectivity index (χ1v) is 5.29. The molecule has 15 heavy (non-hydrogen) atoms. The number of rotatable bonds is 2. The zero-order valence-corrected chi connectivity index (χ0v) is 9.49. The fraction of sp³-hybridized carbons (Fsp3) is 0.417. The molecule has 0 saturated heterocycles. The highest BCUT2D eigenvalue weighted by Gasteiger charge is 2.11. The van der Waals surface area contributed by atoms with Crippen molar-refractivity contribution < 1.29 is 0 Å². The van der Waals surface area contributed by atoms with E-state index in [1.54, 1.807) is 0 Å². The lowest BCUT2D eigenvalue weighted by atomic mass is 10.0. The summed E-state index contributed by atoms with van der Waals surface area (Å²) < 4.78 is 1.93. The van der Waals surface area contributed by atoms with E-state index in [1.807, 2.05) is 11.7 Å². The van der Waals surface area contributed by atoms with Crippen LogP contribution in [0.3, 0.4) is 0 Å². The maximum Gasteiger partial charge on any atom is 0.0728 e. The predicted octanol–water partition coefficient (Wildman–Crippen LogP) is 2.16. The molecular weight excluding hydrogens is 186 g/mol. The van der Waals surface area contributed by atoms with E-state index < -0.39 is 0 Å². The van der Waals surface area contributed by atoms with E-state index in [1.165, 1.54) is 10.9 Å². The third kappa shape index (κ3) is 1.63. The molecule has 2 aromatic rings. The van der Waals surface area contributed by atoms with E-state index in [4.69, 9.17) is 5.73 Å². The van der Waals surface area contributed by atoms with E-state index in [0.29, 0.717) is 12.5 Å². The number of aryl methyl sites for hydroxylation is 1. The Bertz CT molecular complexity index is 483. The summed E-state index contributed by atoms with van der Waals surface area (Å²) in [5.74, 6) is 0.456. The summed E-state index contributed by atoms with van der Waals surface area (Å²) in [6, 6.07) is 6.32. The fourth-order valence-corrected chi connectivity index (χ4v) is 1.88. The second kappa shape index (κ2) is 3.66. The van der Waals surface area contributed by atoms with Crippen molar-refractivity contribution in [1.29, 1.82) is 0 Å². The van der Waals surface area contributed by atoms with E-state index >= 15 is 0 Å². The topological polar surface area (TPSA) is 43.8 Å². The quantitative estimate of drug-likeness (QED) is 0.812. The van der Waals surface area contributed by atoms with Crippen molar-refractivity contribution >= 4 is 10.9 Å². The summed E-state index contributed by atoms with van der Waals surface area (Å²) in [5.41, 5.74) is 9.11. The normalized spacial score (nSPS) is 11.5. The summed E-state index contributed by atoms with van der Waals surface area (Å²) in [6.45, 7) is 4.91. The number of fused-ring (bicyclic) bond motifs is 1. The number of aromatic nitrogens is 2. The molecule has 0 aliphatic heterocycles. The van der Waals surface area contributed by atoms with Crippen molar-refractivity contribution in [2.45, 2.75) is 26.3 Å². The van der Waals surface area contributed by atoms with Gasteiger partial charge in [0.05, 0.1) is 11.2 Å². The summed E-state index contributed by atoms with van der Waals surface area (Å²) >= 11 is 0. The molecule has 0 saturated carbocycles. The van der Waals surface area contributed by atoms with Gasteiger partial charge in [0.1, 0.15) is 0 Å². The first kappa shape index (κ1) is 10.2. The van der Waals surface area contributed by atoms with Crippen molar-refractivity contribution in [2.75, 3.05) is 0 Å². The Morgan fingerprint density at radius 1 is 1.40 bits per heavy atom. The predicted molar refractivity (Wildman–Crippen MR) is 62.7 cm³/mol. The summed E-state index contributed by atoms with van der Waals surface area (Å²) in [4.78, 5) is 0. The Morgan fingerprint density at radius 3 is 2.73 bits per heavy atom. The first-order valence-electron chi connectivity index (χ1n) is 5.29. The van der Waals surface area contributed by atoms with Gasteiger partial charge in [0.15, 0.2) is 0 Å². The summed E-state index contributed by atoms with van der Waals surface area (Å²) in [7, 11) is 1.98. The van der Waals surface area contributed by atoms with Gasteiger partial charge < -0.3 is 5.73 Å². The molecule has 0 unspecified atom stereocenters. The molecule has 1 heterocycles. The molecule has 0 atom stereocenters. The van der Waals surface area contributed by atoms with Crippen LogP contribution in [0, 0.1) is 0 Å². The molecule has 3 nitrogen and oxygen atoms in total. The molecule has 0 bridgehead atoms. The van der Waals surface area contributed by atoms with Crippen LogP contribution in [0.15, 0.2) is 18.2 Å². The Kier molecular flexibility index (Phi) is 2.49. The second-order valence-corrected chi connectivity index (χ2v) is 4.22. The molecule has 0 spiro atoms. The molecule has 0 amide bonds. The molecule has 2 N–H and O–H groups in total. The van der Waals surface area contributed by atoms with E-state index in [-0.39, 0.29) is 0 Å². The average Bonchev–Trinajstić information content (AvgIpc) is 2.56. The highest BCUT2D eigenvalue weighted by atomic mass is 15.3. The third-order valence-corrected chi connectivity index (χ3v) is 2.73. The van der Waals surface area contributed by atoms with Gasteiger partial charge in [0, 0.05) is 19.0 Å². The standard InChI is InChI=1S/C12H17N3/c1-8(2)12-10-5-4-9(7-13)6-11(10)15(3)14-12/h4-6,8H,7,13H2,1-3H3. The molecule has 1 aromatic carbocycles. The van der Waals surface area contributed by atoms with Crippen molar-refractivity contribution in [3.63, 3.8) is 0 Å². The largest absolute Gasteiger partial charge is 0.326 e. The minimum atomic E-state index is 0.456. The van der Waals surface area contributed by atoms with Gasteiger partial charge in [-0.1, -0.05) is 26.0 Å². The molecule has 1 aromatic heterocycles. The maximum atomic E-state index is 5.63. The molecule has 2 rings (SSSR count). The number of benzene rings is 1. The highest BCUT2D eigenvalue weighted by Crippen LogP contribution is 2.24. The SMILES string of the molecule is CC(C)c1nn(C)c2cc(CN)ccc12. The fourth-order valence-electron chi connectivity index (χ4n) is 1.88. The summed E-state index contributed by atoms with van der Waals surface area (Å²) in [6.07, 6.45) is 0. The van der Waals surface area contributed by atoms with Gasteiger partial charge in [-0.15, -0.1) is 0 Å². The lowest BCUT2D eigenvalue weighted by Gasteiger charge is -2.00. The van der Waals surface area contributed by atoms with Gasteiger partial charge in [-0.3, -0.25) is 4.68 Å². The number of hydrogen-bond donors (Lipinski definition) is 1. The minimum absolute atomic E-state index is 0.456.